The highest BCUT2D eigenvalue weighted by molar-refractivity contribution is 7.77. The van der Waals surface area contributed by atoms with Crippen molar-refractivity contribution in [2.24, 2.45) is 5.92 Å². The summed E-state index contributed by atoms with van der Waals surface area (Å²) in [6, 6.07) is 29.6. The van der Waals surface area contributed by atoms with Crippen LogP contribution < -0.4 is 15.7 Å². The molecule has 0 bridgehead atoms. The molecule has 0 saturated heterocycles. The van der Waals surface area contributed by atoms with Crippen LogP contribution in [0.2, 0.25) is 0 Å². The molecule has 1 saturated carbocycles. The van der Waals surface area contributed by atoms with Crippen molar-refractivity contribution in [3.63, 3.8) is 0 Å². The molecule has 152 valence electrons. The van der Waals surface area contributed by atoms with Crippen molar-refractivity contribution in [3.8, 4) is 11.8 Å². The molecule has 1 fully saturated rings. The summed E-state index contributed by atoms with van der Waals surface area (Å²) < 4.78 is 14.5. The third-order valence-electron chi connectivity index (χ3n) is 5.83. The van der Waals surface area contributed by atoms with Crippen molar-refractivity contribution in [1.29, 1.82) is 0 Å². The van der Waals surface area contributed by atoms with E-state index in [1.54, 1.807) is 0 Å². The SMILES string of the molecule is O=P(N[C@H](C#Cc1ccccc1)C1CCCCC1)(c1ccccc1)c1ccccc1. The fourth-order valence-electron chi connectivity index (χ4n) is 4.18. The normalized spacial score (nSPS) is 15.7. The highest BCUT2D eigenvalue weighted by atomic mass is 31.2. The number of nitrogens with one attached hydrogen (secondary N) is 1. The van der Waals surface area contributed by atoms with E-state index in [1.807, 2.05) is 91.0 Å². The average molecular weight is 414 g/mol. The summed E-state index contributed by atoms with van der Waals surface area (Å²) in [7, 11) is -3.02. The van der Waals surface area contributed by atoms with Crippen LogP contribution in [0.3, 0.4) is 0 Å². The maximum absolute atomic E-state index is 14.5. The lowest BCUT2D eigenvalue weighted by Crippen LogP contribution is -2.39. The van der Waals surface area contributed by atoms with E-state index in [0.717, 1.165) is 29.0 Å². The molecule has 2 nitrogen and oxygen atoms in total. The summed E-state index contributed by atoms with van der Waals surface area (Å²) in [6.07, 6.45) is 5.98. The van der Waals surface area contributed by atoms with Crippen molar-refractivity contribution in [3.05, 3.63) is 96.6 Å². The summed E-state index contributed by atoms with van der Waals surface area (Å²) >= 11 is 0. The zero-order valence-corrected chi connectivity index (χ0v) is 18.1. The summed E-state index contributed by atoms with van der Waals surface area (Å²) in [5, 5.41) is 5.25. The van der Waals surface area contributed by atoms with Crippen molar-refractivity contribution >= 4 is 17.9 Å². The molecular formula is C27H28NOP. The molecule has 1 aliphatic rings. The molecule has 0 aromatic heterocycles. The van der Waals surface area contributed by atoms with E-state index in [1.165, 1.54) is 19.3 Å². The first kappa shape index (κ1) is 20.7. The smallest absolute Gasteiger partial charge is 0.205 e. The minimum atomic E-state index is -3.02. The lowest BCUT2D eigenvalue weighted by molar-refractivity contribution is 0.326. The summed E-state index contributed by atoms with van der Waals surface area (Å²) in [4.78, 5) is 0. The van der Waals surface area contributed by atoms with E-state index in [4.69, 9.17) is 0 Å². The second kappa shape index (κ2) is 9.94. The molecule has 4 rings (SSSR count). The zero-order chi connectivity index (χ0) is 20.7. The van der Waals surface area contributed by atoms with Crippen LogP contribution in [0, 0.1) is 17.8 Å². The van der Waals surface area contributed by atoms with Gasteiger partial charge in [0.1, 0.15) is 0 Å². The third kappa shape index (κ3) is 4.93. The van der Waals surface area contributed by atoms with Gasteiger partial charge in [-0.25, -0.2) is 5.09 Å². The maximum atomic E-state index is 14.5. The first-order valence-corrected chi connectivity index (χ1v) is 12.5. The Labute approximate surface area is 180 Å². The van der Waals surface area contributed by atoms with Gasteiger partial charge in [0, 0.05) is 16.2 Å². The molecule has 0 spiro atoms. The van der Waals surface area contributed by atoms with Gasteiger partial charge in [0.15, 0.2) is 0 Å². The van der Waals surface area contributed by atoms with Gasteiger partial charge in [-0.2, -0.15) is 0 Å². The first-order valence-electron chi connectivity index (χ1n) is 10.8. The zero-order valence-electron chi connectivity index (χ0n) is 17.2. The van der Waals surface area contributed by atoms with Crippen molar-refractivity contribution < 1.29 is 4.57 Å². The van der Waals surface area contributed by atoms with Gasteiger partial charge in [0.25, 0.3) is 0 Å². The van der Waals surface area contributed by atoms with Crippen molar-refractivity contribution in [2.75, 3.05) is 0 Å². The largest absolute Gasteiger partial charge is 0.296 e. The van der Waals surface area contributed by atoms with E-state index in [-0.39, 0.29) is 6.04 Å². The van der Waals surface area contributed by atoms with Gasteiger partial charge >= 0.3 is 0 Å². The van der Waals surface area contributed by atoms with Crippen LogP contribution in [0.4, 0.5) is 0 Å². The van der Waals surface area contributed by atoms with Crippen LogP contribution in [0.15, 0.2) is 91.0 Å². The Morgan fingerprint density at radius 2 is 1.23 bits per heavy atom. The Morgan fingerprint density at radius 1 is 0.733 bits per heavy atom. The molecule has 0 heterocycles. The minimum Gasteiger partial charge on any atom is -0.296 e. The molecule has 3 aromatic rings. The summed E-state index contributed by atoms with van der Waals surface area (Å²) in [6.45, 7) is 0. The van der Waals surface area contributed by atoms with E-state index in [2.05, 4.69) is 16.9 Å². The van der Waals surface area contributed by atoms with Crippen LogP contribution in [0.25, 0.3) is 0 Å². The summed E-state index contributed by atoms with van der Waals surface area (Å²) in [5.41, 5.74) is 0.995. The second-order valence-corrected chi connectivity index (χ2v) is 10.4. The number of hydrogen-bond donors (Lipinski definition) is 1. The highest BCUT2D eigenvalue weighted by Gasteiger charge is 2.33. The molecule has 0 unspecified atom stereocenters. The van der Waals surface area contributed by atoms with E-state index in [9.17, 15) is 4.57 Å². The summed E-state index contributed by atoms with van der Waals surface area (Å²) in [5.74, 6) is 7.21. The monoisotopic (exact) mass is 413 g/mol. The number of benzene rings is 3. The van der Waals surface area contributed by atoms with Crippen LogP contribution in [-0.2, 0) is 4.57 Å². The van der Waals surface area contributed by atoms with Gasteiger partial charge in [-0.1, -0.05) is 85.7 Å². The van der Waals surface area contributed by atoms with Gasteiger partial charge in [-0.3, -0.25) is 4.57 Å². The van der Waals surface area contributed by atoms with E-state index >= 15 is 0 Å². The molecule has 0 amide bonds. The van der Waals surface area contributed by atoms with Crippen LogP contribution >= 0.6 is 7.29 Å². The first-order chi connectivity index (χ1) is 14.8. The second-order valence-electron chi connectivity index (χ2n) is 7.92. The average Bonchev–Trinajstić information content (AvgIpc) is 2.84. The molecule has 1 N–H and O–H groups in total. The van der Waals surface area contributed by atoms with Gasteiger partial charge in [0.05, 0.1) is 6.04 Å². The lowest BCUT2D eigenvalue weighted by atomic mass is 9.84. The van der Waals surface area contributed by atoms with Gasteiger partial charge in [-0.15, -0.1) is 0 Å². The predicted molar refractivity (Wildman–Crippen MR) is 127 cm³/mol. The number of hydrogen-bond acceptors (Lipinski definition) is 1. The highest BCUT2D eigenvalue weighted by Crippen LogP contribution is 2.41. The Morgan fingerprint density at radius 3 is 1.77 bits per heavy atom. The van der Waals surface area contributed by atoms with Gasteiger partial charge in [0.2, 0.25) is 7.29 Å². The Balaban J connectivity index is 1.73. The molecule has 1 atom stereocenters. The molecule has 30 heavy (non-hydrogen) atoms. The lowest BCUT2D eigenvalue weighted by Gasteiger charge is -2.31. The molecule has 3 aromatic carbocycles. The quantitative estimate of drug-likeness (QED) is 0.442. The maximum Gasteiger partial charge on any atom is 0.205 e. The fourth-order valence-corrected chi connectivity index (χ4v) is 6.62. The van der Waals surface area contributed by atoms with Crippen molar-refractivity contribution in [1.82, 2.24) is 5.09 Å². The Kier molecular flexibility index (Phi) is 6.85. The van der Waals surface area contributed by atoms with Gasteiger partial charge < -0.3 is 0 Å². The molecule has 0 aliphatic heterocycles. The third-order valence-corrected chi connectivity index (χ3v) is 8.52. The van der Waals surface area contributed by atoms with Crippen LogP contribution in [-0.4, -0.2) is 6.04 Å². The Bertz CT molecular complexity index is 988. The fraction of sp³-hybridized carbons (Fsp3) is 0.259. The molecular weight excluding hydrogens is 385 g/mol. The van der Waals surface area contributed by atoms with Crippen molar-refractivity contribution in [2.45, 2.75) is 38.1 Å². The van der Waals surface area contributed by atoms with Gasteiger partial charge in [-0.05, 0) is 55.2 Å². The van der Waals surface area contributed by atoms with Crippen LogP contribution in [0.1, 0.15) is 37.7 Å². The van der Waals surface area contributed by atoms with Crippen LogP contribution in [0.5, 0.6) is 0 Å². The Hall–Kier alpha value is -2.59. The molecule has 1 aliphatic carbocycles. The topological polar surface area (TPSA) is 29.1 Å². The van der Waals surface area contributed by atoms with E-state index < -0.39 is 7.29 Å². The van der Waals surface area contributed by atoms with E-state index in [0.29, 0.717) is 5.92 Å². The standard InChI is InChI=1S/C27H28NOP/c29-30(25-17-9-3-10-18-25,26-19-11-4-12-20-26)28-27(24-15-7-2-8-16-24)22-21-23-13-5-1-6-14-23/h1,3-6,9-14,17-20,24,27H,2,7-8,15-16H2,(H,28,29)/t27-/m1/s1. The molecule has 3 heteroatoms. The number of rotatable bonds is 5. The predicted octanol–water partition coefficient (Wildman–Crippen LogP) is 5.51. The minimum absolute atomic E-state index is 0.114. The molecule has 0 radical (unpaired) electrons.